The normalized spacial score (nSPS) is 15.7. The van der Waals surface area contributed by atoms with Crippen LogP contribution in [-0.4, -0.2) is 10.5 Å². The van der Waals surface area contributed by atoms with Crippen LogP contribution in [0.5, 0.6) is 0 Å². The lowest BCUT2D eigenvalue weighted by atomic mass is 10.3. The molecule has 0 fully saturated rings. The summed E-state index contributed by atoms with van der Waals surface area (Å²) in [6.45, 7) is 0. The Morgan fingerprint density at radius 1 is 1.55 bits per heavy atom. The highest BCUT2D eigenvalue weighted by Gasteiger charge is 2.01. The van der Waals surface area contributed by atoms with Crippen molar-refractivity contribution in [1.29, 1.82) is 4.78 Å². The van der Waals surface area contributed by atoms with Crippen LogP contribution in [0.1, 0.15) is 0 Å². The van der Waals surface area contributed by atoms with Crippen molar-refractivity contribution in [3.05, 3.63) is 24.3 Å². The van der Waals surface area contributed by atoms with Crippen LogP contribution < -0.4 is 5.73 Å². The number of hydrogen-bond donors (Lipinski definition) is 2. The molecule has 60 valence electrons. The standard InChI is InChI=1S/C7H10N2OS/c1-11(9,10)7-4-2-3-6(8)5-7/h2-5,9H,8H2,1H3/t11-/m1/s1. The van der Waals surface area contributed by atoms with Gasteiger partial charge in [0.2, 0.25) is 0 Å². The molecular weight excluding hydrogens is 160 g/mol. The van der Waals surface area contributed by atoms with Crippen LogP contribution in [0.4, 0.5) is 5.69 Å². The fourth-order valence-corrected chi connectivity index (χ4v) is 1.46. The van der Waals surface area contributed by atoms with Gasteiger partial charge in [-0.1, -0.05) is 6.07 Å². The Balaban J connectivity index is 3.28. The molecule has 11 heavy (non-hydrogen) atoms. The smallest absolute Gasteiger partial charge is 0.0697 e. The van der Waals surface area contributed by atoms with Gasteiger partial charge >= 0.3 is 0 Å². The molecule has 4 heteroatoms. The number of hydrogen-bond acceptors (Lipinski definition) is 3. The van der Waals surface area contributed by atoms with Gasteiger partial charge in [0.15, 0.2) is 0 Å². The molecule has 1 aromatic rings. The van der Waals surface area contributed by atoms with Crippen LogP contribution in [0.15, 0.2) is 29.2 Å². The van der Waals surface area contributed by atoms with Gasteiger partial charge in [-0.15, -0.1) is 0 Å². The molecule has 0 radical (unpaired) electrons. The Labute approximate surface area is 66.2 Å². The van der Waals surface area contributed by atoms with Gasteiger partial charge in [0.1, 0.15) is 0 Å². The summed E-state index contributed by atoms with van der Waals surface area (Å²) < 4.78 is 18.4. The lowest BCUT2D eigenvalue weighted by Gasteiger charge is -2.00. The van der Waals surface area contributed by atoms with Crippen molar-refractivity contribution in [3.8, 4) is 0 Å². The minimum atomic E-state index is -2.61. The third-order valence-electron chi connectivity index (χ3n) is 1.31. The average Bonchev–Trinajstić information content (AvgIpc) is 1.86. The van der Waals surface area contributed by atoms with E-state index in [1.165, 1.54) is 6.26 Å². The first-order chi connectivity index (χ1) is 5.00. The zero-order chi connectivity index (χ0) is 8.48. The summed E-state index contributed by atoms with van der Waals surface area (Å²) in [6, 6.07) is 6.61. The van der Waals surface area contributed by atoms with Crippen molar-refractivity contribution in [2.75, 3.05) is 12.0 Å². The third-order valence-corrected chi connectivity index (χ3v) is 2.46. The van der Waals surface area contributed by atoms with Crippen LogP contribution in [0.2, 0.25) is 0 Å². The Morgan fingerprint density at radius 3 is 2.55 bits per heavy atom. The van der Waals surface area contributed by atoms with Gasteiger partial charge in [0.25, 0.3) is 0 Å². The molecule has 0 aliphatic rings. The molecule has 1 aromatic carbocycles. The second-order valence-corrected chi connectivity index (χ2v) is 4.57. The van der Waals surface area contributed by atoms with E-state index in [1.807, 2.05) is 0 Å². The molecule has 0 saturated heterocycles. The summed E-state index contributed by atoms with van der Waals surface area (Å²) in [4.78, 5) is 0.484. The van der Waals surface area contributed by atoms with E-state index in [1.54, 1.807) is 24.3 Å². The van der Waals surface area contributed by atoms with E-state index in [-0.39, 0.29) is 0 Å². The van der Waals surface area contributed by atoms with Gasteiger partial charge < -0.3 is 5.73 Å². The highest BCUT2D eigenvalue weighted by Crippen LogP contribution is 2.12. The van der Waals surface area contributed by atoms with Crippen molar-refractivity contribution >= 4 is 15.4 Å². The predicted octanol–water partition coefficient (Wildman–Crippen LogP) is 1.30. The number of nitrogen functional groups attached to an aromatic ring is 1. The van der Waals surface area contributed by atoms with Gasteiger partial charge in [-0.25, -0.2) is 8.99 Å². The van der Waals surface area contributed by atoms with E-state index in [4.69, 9.17) is 10.5 Å². The number of rotatable bonds is 1. The van der Waals surface area contributed by atoms with Gasteiger partial charge in [-0.3, -0.25) is 0 Å². The van der Waals surface area contributed by atoms with Gasteiger partial charge in [-0.2, -0.15) is 0 Å². The molecule has 0 saturated carbocycles. The molecule has 1 atom stereocenters. The summed E-state index contributed by atoms with van der Waals surface area (Å²) in [5.41, 5.74) is 5.99. The van der Waals surface area contributed by atoms with Crippen molar-refractivity contribution in [2.45, 2.75) is 4.90 Å². The molecule has 0 aliphatic heterocycles. The molecule has 0 aliphatic carbocycles. The molecular formula is C7H10N2OS. The second kappa shape index (κ2) is 2.54. The van der Waals surface area contributed by atoms with E-state index in [2.05, 4.69) is 0 Å². The number of nitrogens with two attached hydrogens (primary N) is 1. The van der Waals surface area contributed by atoms with Gasteiger partial charge in [0.05, 0.1) is 9.73 Å². The summed E-state index contributed by atoms with van der Waals surface area (Å²) in [7, 11) is -2.61. The predicted molar refractivity (Wildman–Crippen MR) is 45.9 cm³/mol. The molecule has 0 aromatic heterocycles. The zero-order valence-electron chi connectivity index (χ0n) is 6.20. The topological polar surface area (TPSA) is 66.9 Å². The molecule has 0 bridgehead atoms. The maximum atomic E-state index is 11.2. The van der Waals surface area contributed by atoms with Gasteiger partial charge in [-0.05, 0) is 18.2 Å². The molecule has 0 amide bonds. The molecule has 0 spiro atoms. The second-order valence-electron chi connectivity index (χ2n) is 2.42. The van der Waals surface area contributed by atoms with Crippen LogP contribution in [0.25, 0.3) is 0 Å². The maximum absolute atomic E-state index is 11.2. The van der Waals surface area contributed by atoms with Gasteiger partial charge in [0, 0.05) is 16.8 Å². The lowest BCUT2D eigenvalue weighted by Crippen LogP contribution is -1.95. The monoisotopic (exact) mass is 170 g/mol. The van der Waals surface area contributed by atoms with Crippen LogP contribution in [0.3, 0.4) is 0 Å². The Hall–Kier alpha value is -1.03. The molecule has 0 unspecified atom stereocenters. The first kappa shape index (κ1) is 8.07. The number of anilines is 1. The molecule has 3 N–H and O–H groups in total. The maximum Gasteiger partial charge on any atom is 0.0697 e. The minimum Gasteiger partial charge on any atom is -0.399 e. The Bertz CT molecular complexity index is 356. The molecule has 3 nitrogen and oxygen atoms in total. The summed E-state index contributed by atoms with van der Waals surface area (Å²) in [5.74, 6) is 0. The fraction of sp³-hybridized carbons (Fsp3) is 0.143. The van der Waals surface area contributed by atoms with E-state index in [9.17, 15) is 4.21 Å². The minimum absolute atomic E-state index is 0.484. The average molecular weight is 170 g/mol. The van der Waals surface area contributed by atoms with Crippen LogP contribution in [0, 0.1) is 4.78 Å². The Kier molecular flexibility index (Phi) is 1.87. The summed E-state index contributed by atoms with van der Waals surface area (Å²) in [5, 5.41) is 0. The van der Waals surface area contributed by atoms with E-state index < -0.39 is 9.73 Å². The quantitative estimate of drug-likeness (QED) is 0.624. The third kappa shape index (κ3) is 1.94. The fourth-order valence-electron chi connectivity index (χ4n) is 0.757. The molecule has 0 heterocycles. The van der Waals surface area contributed by atoms with E-state index in [0.717, 1.165) is 0 Å². The van der Waals surface area contributed by atoms with Crippen LogP contribution >= 0.6 is 0 Å². The number of benzene rings is 1. The highest BCUT2D eigenvalue weighted by atomic mass is 32.2. The van der Waals surface area contributed by atoms with Crippen molar-refractivity contribution < 1.29 is 4.21 Å². The Morgan fingerprint density at radius 2 is 2.18 bits per heavy atom. The number of nitrogens with one attached hydrogen (secondary N) is 1. The first-order valence-electron chi connectivity index (χ1n) is 3.09. The van der Waals surface area contributed by atoms with Crippen molar-refractivity contribution in [1.82, 2.24) is 0 Å². The van der Waals surface area contributed by atoms with Crippen LogP contribution in [-0.2, 0) is 9.73 Å². The largest absolute Gasteiger partial charge is 0.399 e. The van der Waals surface area contributed by atoms with E-state index >= 15 is 0 Å². The summed E-state index contributed by atoms with van der Waals surface area (Å²) >= 11 is 0. The van der Waals surface area contributed by atoms with Crippen molar-refractivity contribution in [2.24, 2.45) is 0 Å². The lowest BCUT2D eigenvalue weighted by molar-refractivity contribution is 0.679. The molecule has 1 rings (SSSR count). The highest BCUT2D eigenvalue weighted by molar-refractivity contribution is 7.91. The van der Waals surface area contributed by atoms with E-state index in [0.29, 0.717) is 10.6 Å². The first-order valence-corrected chi connectivity index (χ1v) is 5.06. The SMILES string of the molecule is C[S@@](=N)(=O)c1cccc(N)c1. The summed E-state index contributed by atoms with van der Waals surface area (Å²) in [6.07, 6.45) is 1.38. The van der Waals surface area contributed by atoms with Crippen molar-refractivity contribution in [3.63, 3.8) is 0 Å². The zero-order valence-corrected chi connectivity index (χ0v) is 7.02.